The number of hydrogen-bond acceptors (Lipinski definition) is 4. The summed E-state index contributed by atoms with van der Waals surface area (Å²) >= 11 is 0. The van der Waals surface area contributed by atoms with Gasteiger partial charge < -0.3 is 20.9 Å². The summed E-state index contributed by atoms with van der Waals surface area (Å²) in [5, 5.41) is 12.5. The molecule has 0 heterocycles. The summed E-state index contributed by atoms with van der Waals surface area (Å²) in [7, 11) is 0. The van der Waals surface area contributed by atoms with Crippen LogP contribution in [0.3, 0.4) is 0 Å². The van der Waals surface area contributed by atoms with Gasteiger partial charge in [0.05, 0.1) is 11.3 Å². The van der Waals surface area contributed by atoms with Crippen molar-refractivity contribution in [3.8, 4) is 17.2 Å². The number of amides is 1. The lowest BCUT2D eigenvalue weighted by Gasteiger charge is -2.09. The van der Waals surface area contributed by atoms with Crippen molar-refractivity contribution in [2.24, 2.45) is 0 Å². The molecule has 1 amide bonds. The molecule has 0 bridgehead atoms. The number of anilines is 2. The van der Waals surface area contributed by atoms with E-state index in [1.165, 1.54) is 24.3 Å². The first-order valence-corrected chi connectivity index (χ1v) is 7.45. The van der Waals surface area contributed by atoms with Gasteiger partial charge in [0.15, 0.2) is 5.75 Å². The third kappa shape index (κ3) is 3.87. The van der Waals surface area contributed by atoms with Crippen molar-refractivity contribution in [2.75, 3.05) is 11.1 Å². The van der Waals surface area contributed by atoms with Crippen molar-refractivity contribution >= 4 is 17.3 Å². The Labute approximate surface area is 143 Å². The number of nitrogen functional groups attached to an aromatic ring is 1. The third-order valence-corrected chi connectivity index (χ3v) is 3.46. The van der Waals surface area contributed by atoms with Crippen molar-refractivity contribution in [3.05, 3.63) is 78.1 Å². The maximum atomic E-state index is 13.1. The van der Waals surface area contributed by atoms with Crippen LogP contribution in [0.2, 0.25) is 0 Å². The Bertz CT molecular complexity index is 911. The third-order valence-electron chi connectivity index (χ3n) is 3.46. The number of ether oxygens (including phenoxy) is 1. The number of nitrogens with two attached hydrogens (primary N) is 1. The van der Waals surface area contributed by atoms with Crippen LogP contribution in [0, 0.1) is 5.82 Å². The van der Waals surface area contributed by atoms with E-state index < -0.39 is 5.91 Å². The van der Waals surface area contributed by atoms with Crippen molar-refractivity contribution in [2.45, 2.75) is 0 Å². The number of para-hydroxylation sites is 1. The Hall–Kier alpha value is -3.54. The molecule has 6 heteroatoms. The highest BCUT2D eigenvalue weighted by atomic mass is 19.1. The number of phenols is 1. The largest absolute Gasteiger partial charge is 0.505 e. The first kappa shape index (κ1) is 16.3. The molecule has 3 aromatic rings. The smallest absolute Gasteiger partial charge is 0.259 e. The normalized spacial score (nSPS) is 10.3. The van der Waals surface area contributed by atoms with E-state index in [1.54, 1.807) is 42.5 Å². The SMILES string of the molecule is Nc1cccc(C(=O)Nc2ccc(Oc3cccc(F)c3)cc2)c1O. The van der Waals surface area contributed by atoms with Crippen LogP contribution in [-0.4, -0.2) is 11.0 Å². The van der Waals surface area contributed by atoms with Crippen LogP contribution in [0.25, 0.3) is 0 Å². The molecule has 3 rings (SSSR count). The topological polar surface area (TPSA) is 84.6 Å². The maximum absolute atomic E-state index is 13.1. The molecule has 4 N–H and O–H groups in total. The molecule has 0 aliphatic heterocycles. The minimum Gasteiger partial charge on any atom is -0.505 e. The number of phenolic OH excluding ortho intramolecular Hbond substituents is 1. The first-order chi connectivity index (χ1) is 12.0. The highest BCUT2D eigenvalue weighted by Crippen LogP contribution is 2.26. The van der Waals surface area contributed by atoms with Gasteiger partial charge in [-0.2, -0.15) is 0 Å². The average molecular weight is 338 g/mol. The molecular formula is C19H15FN2O3. The second-order valence-electron chi connectivity index (χ2n) is 5.28. The highest BCUT2D eigenvalue weighted by molar-refractivity contribution is 6.07. The number of carbonyl (C=O) groups is 1. The monoisotopic (exact) mass is 338 g/mol. The van der Waals surface area contributed by atoms with E-state index in [-0.39, 0.29) is 22.8 Å². The molecule has 0 aromatic heterocycles. The van der Waals surface area contributed by atoms with Gasteiger partial charge in [-0.15, -0.1) is 0 Å². The Balaban J connectivity index is 1.70. The van der Waals surface area contributed by atoms with Crippen LogP contribution in [0.4, 0.5) is 15.8 Å². The Morgan fingerprint density at radius 2 is 1.72 bits per heavy atom. The van der Waals surface area contributed by atoms with E-state index in [0.29, 0.717) is 17.2 Å². The summed E-state index contributed by atoms with van der Waals surface area (Å²) in [5.74, 6) is -0.255. The van der Waals surface area contributed by atoms with Crippen molar-refractivity contribution in [1.82, 2.24) is 0 Å². The Morgan fingerprint density at radius 1 is 1.00 bits per heavy atom. The second kappa shape index (κ2) is 6.92. The van der Waals surface area contributed by atoms with E-state index in [4.69, 9.17) is 10.5 Å². The van der Waals surface area contributed by atoms with Crippen LogP contribution in [0.5, 0.6) is 17.2 Å². The van der Waals surface area contributed by atoms with E-state index in [1.807, 2.05) is 0 Å². The van der Waals surface area contributed by atoms with Crippen molar-refractivity contribution < 1.29 is 19.0 Å². The summed E-state index contributed by atoms with van der Waals surface area (Å²) in [4.78, 5) is 12.2. The van der Waals surface area contributed by atoms with Gasteiger partial charge in [-0.25, -0.2) is 4.39 Å². The minimum atomic E-state index is -0.483. The fraction of sp³-hybridized carbons (Fsp3) is 0. The van der Waals surface area contributed by atoms with Crippen LogP contribution in [0.15, 0.2) is 66.7 Å². The zero-order chi connectivity index (χ0) is 17.8. The van der Waals surface area contributed by atoms with Crippen molar-refractivity contribution in [3.63, 3.8) is 0 Å². The van der Waals surface area contributed by atoms with E-state index >= 15 is 0 Å². The van der Waals surface area contributed by atoms with Gasteiger partial charge in [0.2, 0.25) is 0 Å². The lowest BCUT2D eigenvalue weighted by atomic mass is 10.1. The highest BCUT2D eigenvalue weighted by Gasteiger charge is 2.13. The minimum absolute atomic E-state index is 0.0834. The molecule has 0 unspecified atom stereocenters. The number of halogens is 1. The lowest BCUT2D eigenvalue weighted by molar-refractivity contribution is 0.102. The molecule has 0 aliphatic carbocycles. The molecule has 0 atom stereocenters. The molecular weight excluding hydrogens is 323 g/mol. The molecule has 0 fully saturated rings. The van der Waals surface area contributed by atoms with E-state index in [0.717, 1.165) is 0 Å². The fourth-order valence-electron chi connectivity index (χ4n) is 2.22. The van der Waals surface area contributed by atoms with Gasteiger partial charge in [-0.1, -0.05) is 12.1 Å². The van der Waals surface area contributed by atoms with Crippen LogP contribution >= 0.6 is 0 Å². The molecule has 0 saturated carbocycles. The number of benzene rings is 3. The number of nitrogens with one attached hydrogen (secondary N) is 1. The van der Waals surface area contributed by atoms with E-state index in [2.05, 4.69) is 5.32 Å². The summed E-state index contributed by atoms with van der Waals surface area (Å²) in [6.45, 7) is 0. The second-order valence-corrected chi connectivity index (χ2v) is 5.28. The molecule has 0 radical (unpaired) electrons. The molecule has 3 aromatic carbocycles. The summed E-state index contributed by atoms with van der Waals surface area (Å²) in [6, 6.07) is 16.9. The number of hydrogen-bond donors (Lipinski definition) is 3. The molecule has 25 heavy (non-hydrogen) atoms. The van der Waals surface area contributed by atoms with Gasteiger partial charge in [-0.3, -0.25) is 4.79 Å². The summed E-state index contributed by atoms with van der Waals surface area (Å²) in [6.07, 6.45) is 0. The number of rotatable bonds is 4. The summed E-state index contributed by atoms with van der Waals surface area (Å²) in [5.41, 5.74) is 6.31. The van der Waals surface area contributed by atoms with Crippen LogP contribution in [-0.2, 0) is 0 Å². The Kier molecular flexibility index (Phi) is 4.52. The molecule has 5 nitrogen and oxygen atoms in total. The quantitative estimate of drug-likeness (QED) is 0.493. The predicted molar refractivity (Wildman–Crippen MR) is 93.4 cm³/mol. The zero-order valence-electron chi connectivity index (χ0n) is 13.1. The molecule has 0 aliphatic rings. The molecule has 0 saturated heterocycles. The number of aromatic hydroxyl groups is 1. The predicted octanol–water partition coefficient (Wildman–Crippen LogP) is 4.16. The van der Waals surface area contributed by atoms with Gasteiger partial charge in [0.25, 0.3) is 5.91 Å². The zero-order valence-corrected chi connectivity index (χ0v) is 13.1. The van der Waals surface area contributed by atoms with Crippen molar-refractivity contribution in [1.29, 1.82) is 0 Å². The van der Waals surface area contributed by atoms with Crippen LogP contribution in [0.1, 0.15) is 10.4 Å². The van der Waals surface area contributed by atoms with Gasteiger partial charge in [-0.05, 0) is 48.5 Å². The standard InChI is InChI=1S/C19H15FN2O3/c20-12-3-1-4-15(11-12)25-14-9-7-13(8-10-14)22-19(24)16-5-2-6-17(21)18(16)23/h1-11,23H,21H2,(H,22,24). The van der Waals surface area contributed by atoms with Gasteiger partial charge in [0, 0.05) is 11.8 Å². The number of carbonyl (C=O) groups excluding carboxylic acids is 1. The van der Waals surface area contributed by atoms with Gasteiger partial charge >= 0.3 is 0 Å². The average Bonchev–Trinajstić information content (AvgIpc) is 2.59. The van der Waals surface area contributed by atoms with E-state index in [9.17, 15) is 14.3 Å². The van der Waals surface area contributed by atoms with Crippen LogP contribution < -0.4 is 15.8 Å². The molecule has 0 spiro atoms. The lowest BCUT2D eigenvalue weighted by Crippen LogP contribution is -2.12. The van der Waals surface area contributed by atoms with Gasteiger partial charge in [0.1, 0.15) is 17.3 Å². The Morgan fingerprint density at radius 3 is 2.44 bits per heavy atom. The fourth-order valence-corrected chi connectivity index (χ4v) is 2.22. The first-order valence-electron chi connectivity index (χ1n) is 7.45. The maximum Gasteiger partial charge on any atom is 0.259 e. The molecule has 126 valence electrons. The summed E-state index contributed by atoms with van der Waals surface area (Å²) < 4.78 is 18.7.